The van der Waals surface area contributed by atoms with Gasteiger partial charge in [-0.3, -0.25) is 9.62 Å². The first kappa shape index (κ1) is 32.9. The van der Waals surface area contributed by atoms with E-state index in [9.17, 15) is 17.6 Å². The number of anilines is 2. The second-order valence-electron chi connectivity index (χ2n) is 11.7. The van der Waals surface area contributed by atoms with E-state index in [0.29, 0.717) is 39.9 Å². The first-order valence-corrected chi connectivity index (χ1v) is 15.8. The van der Waals surface area contributed by atoms with Gasteiger partial charge in [-0.1, -0.05) is 0 Å². The van der Waals surface area contributed by atoms with Crippen LogP contribution < -0.4 is 14.4 Å². The zero-order valence-electron chi connectivity index (χ0n) is 25.8. The van der Waals surface area contributed by atoms with Crippen molar-refractivity contribution in [1.29, 1.82) is 0 Å². The third-order valence-corrected chi connectivity index (χ3v) is 8.38. The Kier molecular flexibility index (Phi) is 9.13. The predicted octanol–water partition coefficient (Wildman–Crippen LogP) is 6.00. The largest absolute Gasteiger partial charge is 0.480 e. The van der Waals surface area contributed by atoms with Gasteiger partial charge < -0.3 is 14.2 Å². The van der Waals surface area contributed by atoms with Crippen LogP contribution in [0.25, 0.3) is 11.0 Å². The predicted molar refractivity (Wildman–Crippen MR) is 161 cm³/mol. The molecule has 1 aliphatic heterocycles. The van der Waals surface area contributed by atoms with Crippen molar-refractivity contribution in [2.24, 2.45) is 0 Å². The van der Waals surface area contributed by atoms with Crippen LogP contribution in [0.1, 0.15) is 57.5 Å². The summed E-state index contributed by atoms with van der Waals surface area (Å²) in [5.41, 5.74) is -1.10. The molecule has 16 heteroatoms. The lowest BCUT2D eigenvalue weighted by molar-refractivity contribution is -0.0371. The van der Waals surface area contributed by atoms with Crippen LogP contribution in [0, 0.1) is 24.4 Å². The number of nitrogens with zero attached hydrogens (tertiary/aromatic N) is 5. The first-order chi connectivity index (χ1) is 21.7. The number of amides is 1. The number of aromatic nitrogens is 4. The van der Waals surface area contributed by atoms with E-state index in [0.717, 1.165) is 44.7 Å². The third kappa shape index (κ3) is 6.87. The zero-order valence-corrected chi connectivity index (χ0v) is 26.6. The van der Waals surface area contributed by atoms with Gasteiger partial charge in [-0.15, -0.1) is 0 Å². The summed E-state index contributed by atoms with van der Waals surface area (Å²) >= 11 is 0. The fourth-order valence-electron chi connectivity index (χ4n) is 4.97. The van der Waals surface area contributed by atoms with Gasteiger partial charge in [0.2, 0.25) is 5.88 Å². The number of aryl methyl sites for hydroxylation is 1. The van der Waals surface area contributed by atoms with Crippen molar-refractivity contribution >= 4 is 38.5 Å². The van der Waals surface area contributed by atoms with E-state index < -0.39 is 67.9 Å². The SMILES string of the molecule is COc1ncc(F)cc1S(=O)(=O)Nc1ccc(F)c(N(Cc2cnc3c(c2)c(C)nn3C2CCCCO2)C(=O)OC(C)(C)C)c1F. The van der Waals surface area contributed by atoms with Crippen molar-refractivity contribution in [3.63, 3.8) is 0 Å². The molecule has 3 aromatic heterocycles. The molecule has 4 heterocycles. The van der Waals surface area contributed by atoms with Gasteiger partial charge in [-0.2, -0.15) is 5.10 Å². The van der Waals surface area contributed by atoms with E-state index in [4.69, 9.17) is 14.2 Å². The molecule has 0 aliphatic carbocycles. The van der Waals surface area contributed by atoms with Gasteiger partial charge in [0.05, 0.1) is 31.2 Å². The van der Waals surface area contributed by atoms with Gasteiger partial charge in [0, 0.05) is 24.3 Å². The Bertz CT molecular complexity index is 1890. The molecular formula is C30H33F3N6O6S. The first-order valence-electron chi connectivity index (χ1n) is 14.3. The molecule has 12 nitrogen and oxygen atoms in total. The number of carbonyl (C=O) groups excluding carboxylic acids is 1. The van der Waals surface area contributed by atoms with Crippen molar-refractivity contribution in [3.8, 4) is 5.88 Å². The molecule has 0 radical (unpaired) electrons. The minimum atomic E-state index is -4.70. The summed E-state index contributed by atoms with van der Waals surface area (Å²) in [6.07, 6.45) is 3.52. The quantitative estimate of drug-likeness (QED) is 0.241. The van der Waals surface area contributed by atoms with E-state index in [2.05, 4.69) is 15.1 Å². The molecular weight excluding hydrogens is 629 g/mol. The number of fused-ring (bicyclic) bond motifs is 1. The lowest BCUT2D eigenvalue weighted by atomic mass is 10.1. The number of hydrogen-bond acceptors (Lipinski definition) is 9. The number of carbonyl (C=O) groups is 1. The molecule has 1 aromatic carbocycles. The van der Waals surface area contributed by atoms with Gasteiger partial charge in [-0.25, -0.2) is 41.0 Å². The maximum atomic E-state index is 16.1. The third-order valence-electron chi connectivity index (χ3n) is 7.02. The van der Waals surface area contributed by atoms with Gasteiger partial charge >= 0.3 is 6.09 Å². The van der Waals surface area contributed by atoms with E-state index >= 15 is 8.78 Å². The van der Waals surface area contributed by atoms with Crippen molar-refractivity contribution in [2.45, 2.75) is 70.2 Å². The number of rotatable bonds is 8. The smallest absolute Gasteiger partial charge is 0.415 e. The van der Waals surface area contributed by atoms with E-state index in [1.807, 2.05) is 4.72 Å². The number of sulfonamides is 1. The van der Waals surface area contributed by atoms with Crippen LogP contribution in [0.4, 0.5) is 29.3 Å². The second-order valence-corrected chi connectivity index (χ2v) is 13.3. The molecule has 1 fully saturated rings. The van der Waals surface area contributed by atoms with Gasteiger partial charge in [-0.05, 0) is 70.7 Å². The number of nitrogens with one attached hydrogen (secondary N) is 1. The molecule has 0 bridgehead atoms. The van der Waals surface area contributed by atoms with Crippen LogP contribution in [0.5, 0.6) is 5.88 Å². The van der Waals surface area contributed by atoms with Crippen LogP contribution in [-0.2, 0) is 26.0 Å². The highest BCUT2D eigenvalue weighted by Crippen LogP contribution is 2.34. The highest BCUT2D eigenvalue weighted by Gasteiger charge is 2.32. The fraction of sp³-hybridized carbons (Fsp3) is 0.400. The van der Waals surface area contributed by atoms with Crippen molar-refractivity contribution in [1.82, 2.24) is 19.7 Å². The number of ether oxygens (including phenoxy) is 3. The van der Waals surface area contributed by atoms with Gasteiger partial charge in [0.25, 0.3) is 10.0 Å². The molecule has 1 amide bonds. The fourth-order valence-corrected chi connectivity index (χ4v) is 6.16. The van der Waals surface area contributed by atoms with Crippen LogP contribution in [0.3, 0.4) is 0 Å². The molecule has 5 rings (SSSR count). The minimum absolute atomic E-state index is 0.278. The summed E-state index contributed by atoms with van der Waals surface area (Å²) in [7, 11) is -3.58. The monoisotopic (exact) mass is 662 g/mol. The Balaban J connectivity index is 1.54. The summed E-state index contributed by atoms with van der Waals surface area (Å²) in [5, 5.41) is 5.24. The number of pyridine rings is 2. The topological polar surface area (TPSA) is 138 Å². The summed E-state index contributed by atoms with van der Waals surface area (Å²) in [5.74, 6) is -4.05. The molecule has 246 valence electrons. The van der Waals surface area contributed by atoms with Gasteiger partial charge in [0.15, 0.2) is 22.6 Å². The summed E-state index contributed by atoms with van der Waals surface area (Å²) in [6, 6.07) is 3.95. The summed E-state index contributed by atoms with van der Waals surface area (Å²) in [6.45, 7) is 6.73. The summed E-state index contributed by atoms with van der Waals surface area (Å²) in [4.78, 5) is 21.6. The van der Waals surface area contributed by atoms with E-state index in [-0.39, 0.29) is 6.23 Å². The normalized spacial score (nSPS) is 15.5. The van der Waals surface area contributed by atoms with Crippen LogP contribution in [0.15, 0.2) is 41.6 Å². The molecule has 1 aliphatic rings. The molecule has 1 unspecified atom stereocenters. The Hall–Kier alpha value is -4.44. The maximum Gasteiger partial charge on any atom is 0.415 e. The number of halogens is 3. The molecule has 0 spiro atoms. The Morgan fingerprint density at radius 1 is 1.15 bits per heavy atom. The van der Waals surface area contributed by atoms with Crippen LogP contribution in [0.2, 0.25) is 0 Å². The van der Waals surface area contributed by atoms with Gasteiger partial charge in [0.1, 0.15) is 22.9 Å². The van der Waals surface area contributed by atoms with Crippen LogP contribution in [-0.4, -0.2) is 53.6 Å². The highest BCUT2D eigenvalue weighted by molar-refractivity contribution is 7.92. The Labute approximate surface area is 263 Å². The molecule has 4 aromatic rings. The Morgan fingerprint density at radius 2 is 1.91 bits per heavy atom. The molecule has 46 heavy (non-hydrogen) atoms. The lowest BCUT2D eigenvalue weighted by Crippen LogP contribution is -2.37. The molecule has 1 N–H and O–H groups in total. The van der Waals surface area contributed by atoms with Crippen molar-refractivity contribution < 1.29 is 40.6 Å². The average Bonchev–Trinajstić information content (AvgIpc) is 3.33. The summed E-state index contributed by atoms with van der Waals surface area (Å²) < 4.78 is 91.7. The standard InChI is InChI=1S/C30H33F3N6O6S/c1-17-20-12-18(14-34-27(20)39(36-17)24-8-6-7-11-44-24)16-38(29(40)45-30(2,3)4)26-21(32)9-10-22(25(26)33)37-46(41,42)23-13-19(31)15-35-28(23)43-5/h9-10,12-15,24,37H,6-8,11,16H2,1-5H3. The average molecular weight is 663 g/mol. The molecule has 1 saturated heterocycles. The van der Waals surface area contributed by atoms with Crippen molar-refractivity contribution in [2.75, 3.05) is 23.3 Å². The second kappa shape index (κ2) is 12.7. The molecule has 0 saturated carbocycles. The molecule has 1 atom stereocenters. The zero-order chi connectivity index (χ0) is 33.4. The minimum Gasteiger partial charge on any atom is -0.480 e. The Morgan fingerprint density at radius 3 is 2.59 bits per heavy atom. The number of benzene rings is 1. The van der Waals surface area contributed by atoms with E-state index in [1.54, 1.807) is 38.4 Å². The van der Waals surface area contributed by atoms with Crippen LogP contribution >= 0.6 is 0 Å². The number of hydrogen-bond donors (Lipinski definition) is 1. The van der Waals surface area contributed by atoms with Crippen molar-refractivity contribution in [3.05, 3.63) is 65.4 Å². The highest BCUT2D eigenvalue weighted by atomic mass is 32.2. The maximum absolute atomic E-state index is 16.1. The lowest BCUT2D eigenvalue weighted by Gasteiger charge is -2.28. The number of methoxy groups -OCH3 is 1. The van der Waals surface area contributed by atoms with E-state index in [1.165, 1.54) is 6.20 Å².